The number of nitrogens with zero attached hydrogens (tertiary/aromatic N) is 3. The molecule has 2 heterocycles. The van der Waals surface area contributed by atoms with Gasteiger partial charge in [0, 0.05) is 22.4 Å². The van der Waals surface area contributed by atoms with E-state index in [-0.39, 0.29) is 22.4 Å². The van der Waals surface area contributed by atoms with Gasteiger partial charge in [0.25, 0.3) is 6.33 Å². The van der Waals surface area contributed by atoms with Crippen LogP contribution in [0.2, 0.25) is 0 Å². The first-order valence-electron chi connectivity index (χ1n) is 20.9. The first kappa shape index (κ1) is 40.5. The molecule has 0 amide bonds. The predicted molar refractivity (Wildman–Crippen MR) is 236 cm³/mol. The Balaban J connectivity index is 0.000000181. The molecule has 6 aromatic carbocycles. The predicted octanol–water partition coefficient (Wildman–Crippen LogP) is 13.0. The van der Waals surface area contributed by atoms with Crippen LogP contribution in [0.5, 0.6) is 0 Å². The van der Waals surface area contributed by atoms with Crippen molar-refractivity contribution in [1.82, 2.24) is 9.55 Å². The van der Waals surface area contributed by atoms with Crippen LogP contribution in [0, 0.1) is 6.33 Å². The molecule has 12 rings (SSSR count). The average molecular weight is 932 g/mol. The maximum Gasteiger partial charge on any atom is 0.269 e. The second-order valence-electron chi connectivity index (χ2n) is 17.0. The summed E-state index contributed by atoms with van der Waals surface area (Å²) in [6, 6.07) is 44.6. The fraction of sp³-hybridized carbons (Fsp3) is 0.302. The van der Waals surface area contributed by atoms with Crippen molar-refractivity contribution in [3.63, 3.8) is 0 Å². The van der Waals surface area contributed by atoms with Crippen molar-refractivity contribution >= 4 is 32.8 Å². The number of fused-ring (bicyclic) bond motifs is 2. The minimum absolute atomic E-state index is 0. The number of hydrogen-bond donors (Lipinski definition) is 0. The number of imidazole rings is 1. The van der Waals surface area contributed by atoms with Crippen LogP contribution >= 0.6 is 0 Å². The second kappa shape index (κ2) is 17.0. The van der Waals surface area contributed by atoms with Gasteiger partial charge < -0.3 is 4.98 Å². The monoisotopic (exact) mass is 931 g/mol. The van der Waals surface area contributed by atoms with Gasteiger partial charge in [-0.05, 0) is 99.1 Å². The van der Waals surface area contributed by atoms with E-state index in [9.17, 15) is 0 Å². The van der Waals surface area contributed by atoms with Crippen LogP contribution in [0.4, 0.5) is 0 Å². The number of aromatic nitrogens is 3. The molecule has 1 radical (unpaired) electrons. The molecule has 0 unspecified atom stereocenters. The smallest absolute Gasteiger partial charge is 0.269 e. The van der Waals surface area contributed by atoms with Crippen molar-refractivity contribution < 1.29 is 26.9 Å². The summed E-state index contributed by atoms with van der Waals surface area (Å²) < 4.78 is 4.64. The minimum atomic E-state index is 0. The fourth-order valence-electron chi connectivity index (χ4n) is 8.78. The Morgan fingerprint density at radius 2 is 1.04 bits per heavy atom. The Hall–Kier alpha value is -4.67. The normalized spacial score (nSPS) is 12.8. The third-order valence-electron chi connectivity index (χ3n) is 11.8. The van der Waals surface area contributed by atoms with E-state index < -0.39 is 0 Å². The Morgan fingerprint density at radius 1 is 0.526 bits per heavy atom. The van der Waals surface area contributed by atoms with Crippen molar-refractivity contribution in [3.05, 3.63) is 172 Å². The molecule has 0 spiro atoms. The molecule has 8 aromatic rings. The van der Waals surface area contributed by atoms with E-state index >= 15 is 0 Å². The minimum Gasteiger partial charge on any atom is -0.657 e. The fourth-order valence-corrected chi connectivity index (χ4v) is 8.78. The van der Waals surface area contributed by atoms with Crippen LogP contribution in [0.1, 0.15) is 124 Å². The molecule has 4 heteroatoms. The number of benzene rings is 6. The summed E-state index contributed by atoms with van der Waals surface area (Å²) in [5, 5.41) is 2.69. The molecule has 0 saturated carbocycles. The molecule has 0 aliphatic heterocycles. The summed E-state index contributed by atoms with van der Waals surface area (Å²) in [5.41, 5.74) is 18.4. The molecule has 57 heavy (non-hydrogen) atoms. The molecular weight excluding hydrogens is 876 g/mol. The van der Waals surface area contributed by atoms with Gasteiger partial charge in [-0.3, -0.25) is 9.13 Å². The van der Waals surface area contributed by atoms with Crippen molar-refractivity contribution in [3.8, 4) is 11.4 Å². The summed E-state index contributed by atoms with van der Waals surface area (Å²) in [4.78, 5) is 4.96. The van der Waals surface area contributed by atoms with Crippen molar-refractivity contribution in [1.29, 1.82) is 0 Å². The largest absolute Gasteiger partial charge is 0.657 e. The van der Waals surface area contributed by atoms with Crippen LogP contribution in [0.3, 0.4) is 0 Å². The van der Waals surface area contributed by atoms with Gasteiger partial charge in [0.15, 0.2) is 0 Å². The maximum absolute atomic E-state index is 4.96. The summed E-state index contributed by atoms with van der Waals surface area (Å²) in [6.45, 7) is 18.3. The molecule has 0 saturated heterocycles. The Bertz CT molecular complexity index is 2500. The molecule has 2 aromatic heterocycles. The molecule has 4 aliphatic rings. The molecule has 4 bridgehead atoms. The van der Waals surface area contributed by atoms with Crippen LogP contribution in [0.25, 0.3) is 44.2 Å². The van der Waals surface area contributed by atoms with Crippen LogP contribution in [-0.2, 0) is 48.1 Å². The summed E-state index contributed by atoms with van der Waals surface area (Å²) in [7, 11) is 0. The van der Waals surface area contributed by atoms with Gasteiger partial charge in [-0.15, -0.1) is 11.0 Å². The molecule has 295 valence electrons. The number of rotatable bonds is 6. The van der Waals surface area contributed by atoms with Gasteiger partial charge in [0.05, 0.1) is 22.4 Å². The number of para-hydroxylation sites is 5. The van der Waals surface area contributed by atoms with Gasteiger partial charge in [-0.1, -0.05) is 182 Å². The first-order valence-corrected chi connectivity index (χ1v) is 20.9. The van der Waals surface area contributed by atoms with Crippen LogP contribution in [0.15, 0.2) is 121 Å². The van der Waals surface area contributed by atoms with E-state index in [1.807, 2.05) is 0 Å². The zero-order valence-corrected chi connectivity index (χ0v) is 37.0. The molecule has 4 aliphatic carbocycles. The van der Waals surface area contributed by atoms with Gasteiger partial charge in [-0.25, -0.2) is 0 Å². The molecule has 0 atom stereocenters. The van der Waals surface area contributed by atoms with Gasteiger partial charge >= 0.3 is 0 Å². The summed E-state index contributed by atoms with van der Waals surface area (Å²) >= 11 is 0. The molecular formula is C53H56AuN3-. The van der Waals surface area contributed by atoms with Crippen LogP contribution < -0.4 is 9.55 Å². The quantitative estimate of drug-likeness (QED) is 0.0925. The number of hydrogen-bond acceptors (Lipinski definition) is 0. The Kier molecular flexibility index (Phi) is 12.1. The Labute approximate surface area is 355 Å². The van der Waals surface area contributed by atoms with E-state index in [1.54, 1.807) is 0 Å². The Morgan fingerprint density at radius 3 is 1.63 bits per heavy atom. The molecule has 0 fully saturated rings. The van der Waals surface area contributed by atoms with Gasteiger partial charge in [0.1, 0.15) is 0 Å². The number of aryl methyl sites for hydroxylation is 4. The van der Waals surface area contributed by atoms with Crippen molar-refractivity contribution in [2.24, 2.45) is 0 Å². The third kappa shape index (κ3) is 7.83. The van der Waals surface area contributed by atoms with Gasteiger partial charge in [-0.2, -0.15) is 0 Å². The van der Waals surface area contributed by atoms with E-state index in [0.717, 1.165) is 31.2 Å². The SMILES string of the molecule is CC(C)c1cccc(C(C)C)c1-n1[c-][n+](-c2c(C(C)C)cccc2C(C)C)c2ccccc21.[Au].c1ccc2c(c1)[n-]c1c3ccc(c12)CCc1ccc(cc1)CC3. The van der Waals surface area contributed by atoms with Gasteiger partial charge in [0.2, 0.25) is 0 Å². The van der Waals surface area contributed by atoms with Crippen molar-refractivity contribution in [2.75, 3.05) is 0 Å². The molecule has 0 N–H and O–H groups in total. The molecule has 3 nitrogen and oxygen atoms in total. The van der Waals surface area contributed by atoms with E-state index in [4.69, 9.17) is 4.98 Å². The van der Waals surface area contributed by atoms with E-state index in [0.29, 0.717) is 23.7 Å². The second-order valence-corrected chi connectivity index (χ2v) is 17.0. The van der Waals surface area contributed by atoms with E-state index in [2.05, 4.69) is 192 Å². The van der Waals surface area contributed by atoms with Crippen molar-refractivity contribution in [2.45, 2.75) is 105 Å². The maximum atomic E-state index is 4.96. The standard InChI is InChI=1S/C31H38N2.C22H18N.Au/c1-20(2)24-13-11-14-25(21(3)4)30(24)32-19-33(29-18-10-9-17-28(29)32)31-26(22(5)6)15-12-16-27(31)23(7)8;1-2-4-20-19(3-1)21-17-11-9-15-5-7-16(8-6-15)10-12-18(14-13-17)22(21)23-20;/h9-18,20-23H,1-8H3;1-8,13-14H,9-12H2;/q;-1;. The first-order chi connectivity index (χ1) is 27.1. The average Bonchev–Trinajstić information content (AvgIpc) is 3.78. The zero-order valence-electron chi connectivity index (χ0n) is 34.8. The van der Waals surface area contributed by atoms with Crippen LogP contribution in [-0.4, -0.2) is 4.57 Å². The summed E-state index contributed by atoms with van der Waals surface area (Å²) in [6.07, 6.45) is 8.14. The topological polar surface area (TPSA) is 22.9 Å². The zero-order chi connectivity index (χ0) is 39.1. The van der Waals surface area contributed by atoms with E-state index in [1.165, 1.54) is 83.2 Å². The third-order valence-corrected chi connectivity index (χ3v) is 11.8. The summed E-state index contributed by atoms with van der Waals surface area (Å²) in [5.74, 6) is 1.71.